The molecule has 0 radical (unpaired) electrons. The lowest BCUT2D eigenvalue weighted by Gasteiger charge is -2.30. The fourth-order valence-corrected chi connectivity index (χ4v) is 5.13. The zero-order chi connectivity index (χ0) is 26.6. The van der Waals surface area contributed by atoms with E-state index in [9.17, 15) is 9.59 Å². The van der Waals surface area contributed by atoms with Crippen molar-refractivity contribution < 1.29 is 14.3 Å². The summed E-state index contributed by atoms with van der Waals surface area (Å²) in [6.45, 7) is 2.44. The first-order valence-electron chi connectivity index (χ1n) is 12.5. The smallest absolute Gasteiger partial charge is 0.272 e. The Balaban J connectivity index is 1.48. The molecule has 0 spiro atoms. The molecule has 0 aliphatic carbocycles. The highest BCUT2D eigenvalue weighted by Gasteiger charge is 2.34. The summed E-state index contributed by atoms with van der Waals surface area (Å²) in [5, 5.41) is 3.83. The fourth-order valence-electron chi connectivity index (χ4n) is 4.81. The SMILES string of the molecule is CN1C(=O)C(NC(=O)[C@H](Cc2ccc(Cl)c(Cl)c2)c2ccccc2)N=C(N2CCOCC2)c2ccccc21. The van der Waals surface area contributed by atoms with E-state index < -0.39 is 12.1 Å². The number of halogens is 2. The Hall–Kier alpha value is -3.39. The van der Waals surface area contributed by atoms with Crippen LogP contribution in [0.25, 0.3) is 0 Å². The molecule has 2 amide bonds. The Kier molecular flexibility index (Phi) is 7.98. The molecule has 7 nitrogen and oxygen atoms in total. The lowest BCUT2D eigenvalue weighted by molar-refractivity contribution is -0.128. The second-order valence-corrected chi connectivity index (χ2v) is 10.1. The van der Waals surface area contributed by atoms with Crippen molar-refractivity contribution in [2.75, 3.05) is 38.3 Å². The van der Waals surface area contributed by atoms with Gasteiger partial charge in [-0.3, -0.25) is 9.59 Å². The van der Waals surface area contributed by atoms with Crippen LogP contribution in [0.1, 0.15) is 22.6 Å². The molecule has 0 bridgehead atoms. The summed E-state index contributed by atoms with van der Waals surface area (Å²) in [4.78, 5) is 36.0. The van der Waals surface area contributed by atoms with E-state index >= 15 is 0 Å². The molecule has 2 aliphatic heterocycles. The minimum absolute atomic E-state index is 0.301. The normalized spacial score (nSPS) is 18.3. The van der Waals surface area contributed by atoms with Crippen LogP contribution in [-0.2, 0) is 20.7 Å². The summed E-state index contributed by atoms with van der Waals surface area (Å²) in [7, 11) is 1.71. The van der Waals surface area contributed by atoms with Gasteiger partial charge in [0.15, 0.2) is 0 Å². The van der Waals surface area contributed by atoms with Crippen LogP contribution < -0.4 is 10.2 Å². The van der Waals surface area contributed by atoms with Gasteiger partial charge in [0.05, 0.1) is 34.9 Å². The summed E-state index contributed by atoms with van der Waals surface area (Å²) in [6.07, 6.45) is -0.707. The molecule has 3 aromatic rings. The third kappa shape index (κ3) is 5.55. The number of aliphatic imine (C=N–C) groups is 1. The molecule has 2 atom stereocenters. The highest BCUT2D eigenvalue weighted by atomic mass is 35.5. The van der Waals surface area contributed by atoms with Crippen LogP contribution in [0.3, 0.4) is 0 Å². The van der Waals surface area contributed by atoms with Crippen molar-refractivity contribution in [3.05, 3.63) is 99.5 Å². The van der Waals surface area contributed by atoms with Crippen LogP contribution in [0.5, 0.6) is 0 Å². The van der Waals surface area contributed by atoms with Gasteiger partial charge in [0, 0.05) is 25.7 Å². The Morgan fingerprint density at radius 1 is 1.03 bits per heavy atom. The van der Waals surface area contributed by atoms with Gasteiger partial charge < -0.3 is 19.9 Å². The number of hydrogen-bond acceptors (Lipinski definition) is 5. The van der Waals surface area contributed by atoms with Crippen LogP contribution in [0.2, 0.25) is 10.0 Å². The lowest BCUT2D eigenvalue weighted by Crippen LogP contribution is -2.48. The molecule has 3 aromatic carbocycles. The highest BCUT2D eigenvalue weighted by molar-refractivity contribution is 6.42. The van der Waals surface area contributed by atoms with Crippen LogP contribution in [0.15, 0.2) is 77.8 Å². The number of morpholine rings is 1. The molecule has 38 heavy (non-hydrogen) atoms. The zero-order valence-electron chi connectivity index (χ0n) is 20.9. The van der Waals surface area contributed by atoms with E-state index in [1.54, 1.807) is 24.1 Å². The minimum atomic E-state index is -1.09. The van der Waals surface area contributed by atoms with Crippen molar-refractivity contribution in [3.63, 3.8) is 0 Å². The number of benzodiazepines with no additional fused rings is 1. The molecular formula is C29H28Cl2N4O3. The fraction of sp³-hybridized carbons (Fsp3) is 0.276. The van der Waals surface area contributed by atoms with Crippen molar-refractivity contribution in [2.45, 2.75) is 18.5 Å². The van der Waals surface area contributed by atoms with E-state index in [-0.39, 0.29) is 11.8 Å². The van der Waals surface area contributed by atoms with Gasteiger partial charge in [-0.25, -0.2) is 4.99 Å². The first-order valence-corrected chi connectivity index (χ1v) is 13.2. The maximum atomic E-state index is 13.8. The number of para-hydroxylation sites is 1. The second kappa shape index (κ2) is 11.6. The predicted octanol–water partition coefficient (Wildman–Crippen LogP) is 4.52. The third-order valence-electron chi connectivity index (χ3n) is 6.85. The molecule has 1 fully saturated rings. The van der Waals surface area contributed by atoms with Gasteiger partial charge in [0.1, 0.15) is 5.84 Å². The van der Waals surface area contributed by atoms with E-state index in [4.69, 9.17) is 32.9 Å². The summed E-state index contributed by atoms with van der Waals surface area (Å²) >= 11 is 12.4. The highest BCUT2D eigenvalue weighted by Crippen LogP contribution is 2.29. The number of rotatable bonds is 5. The Morgan fingerprint density at radius 3 is 2.47 bits per heavy atom. The van der Waals surface area contributed by atoms with Crippen molar-refractivity contribution >= 4 is 46.5 Å². The molecule has 5 rings (SSSR count). The van der Waals surface area contributed by atoms with Gasteiger partial charge in [0.25, 0.3) is 5.91 Å². The molecule has 9 heteroatoms. The summed E-state index contributed by atoms with van der Waals surface area (Å²) in [5.74, 6) is -0.507. The van der Waals surface area contributed by atoms with Crippen molar-refractivity contribution in [2.24, 2.45) is 4.99 Å². The van der Waals surface area contributed by atoms with Gasteiger partial charge in [-0.2, -0.15) is 0 Å². The largest absolute Gasteiger partial charge is 0.378 e. The Morgan fingerprint density at radius 2 is 1.74 bits per heavy atom. The van der Waals surface area contributed by atoms with E-state index in [2.05, 4.69) is 10.2 Å². The van der Waals surface area contributed by atoms with Crippen molar-refractivity contribution in [1.82, 2.24) is 10.2 Å². The number of amides is 2. The Labute approximate surface area is 232 Å². The average Bonchev–Trinajstić information content (AvgIpc) is 3.05. The monoisotopic (exact) mass is 550 g/mol. The molecule has 1 saturated heterocycles. The number of benzene rings is 3. The number of anilines is 1. The van der Waals surface area contributed by atoms with Gasteiger partial charge in [0.2, 0.25) is 12.1 Å². The number of amidine groups is 1. The molecule has 1 unspecified atom stereocenters. The number of carbonyl (C=O) groups is 2. The van der Waals surface area contributed by atoms with Gasteiger partial charge in [-0.1, -0.05) is 71.7 Å². The standard InChI is InChI=1S/C29H28Cl2N4O3/c1-34-25-10-6-5-9-21(25)27(35-13-15-38-16-14-35)32-26(29(34)37)33-28(36)22(20-7-3-2-4-8-20)17-19-11-12-23(30)24(31)18-19/h2-12,18,22,26H,13-17H2,1H3,(H,33,36)/t22-,26?/m1/s1. The number of carbonyl (C=O) groups excluding carboxylic acids is 2. The maximum Gasteiger partial charge on any atom is 0.272 e. The van der Waals surface area contributed by atoms with E-state index in [1.165, 1.54) is 0 Å². The summed E-state index contributed by atoms with van der Waals surface area (Å²) in [6, 6.07) is 22.5. The number of nitrogens with zero attached hydrogens (tertiary/aromatic N) is 3. The van der Waals surface area contributed by atoms with Crippen LogP contribution in [-0.4, -0.2) is 62.1 Å². The number of likely N-dealkylation sites (N-methyl/N-ethyl adjacent to an activating group) is 1. The third-order valence-corrected chi connectivity index (χ3v) is 7.59. The maximum absolute atomic E-state index is 13.8. The Bertz CT molecular complexity index is 1360. The molecule has 2 heterocycles. The van der Waals surface area contributed by atoms with Crippen LogP contribution in [0, 0.1) is 0 Å². The molecule has 196 valence electrons. The summed E-state index contributed by atoms with van der Waals surface area (Å²) < 4.78 is 5.53. The molecule has 0 saturated carbocycles. The number of nitrogens with one attached hydrogen (secondary N) is 1. The first kappa shape index (κ1) is 26.2. The van der Waals surface area contributed by atoms with E-state index in [0.29, 0.717) is 48.6 Å². The van der Waals surface area contributed by atoms with Crippen molar-refractivity contribution in [3.8, 4) is 0 Å². The van der Waals surface area contributed by atoms with Gasteiger partial charge in [-0.15, -0.1) is 0 Å². The number of fused-ring (bicyclic) bond motifs is 1. The molecule has 1 N–H and O–H groups in total. The summed E-state index contributed by atoms with van der Waals surface area (Å²) in [5.41, 5.74) is 3.27. The molecular weight excluding hydrogens is 523 g/mol. The van der Waals surface area contributed by atoms with Crippen LogP contribution in [0.4, 0.5) is 5.69 Å². The lowest BCUT2D eigenvalue weighted by atomic mass is 9.91. The molecule has 2 aliphatic rings. The molecule has 0 aromatic heterocycles. The quantitative estimate of drug-likeness (QED) is 0.507. The van der Waals surface area contributed by atoms with E-state index in [1.807, 2.05) is 60.7 Å². The first-order chi connectivity index (χ1) is 18.4. The van der Waals surface area contributed by atoms with Crippen LogP contribution >= 0.6 is 23.2 Å². The second-order valence-electron chi connectivity index (χ2n) is 9.29. The number of hydrogen-bond donors (Lipinski definition) is 1. The average molecular weight is 551 g/mol. The number of ether oxygens (including phenoxy) is 1. The van der Waals surface area contributed by atoms with Gasteiger partial charge >= 0.3 is 0 Å². The topological polar surface area (TPSA) is 74.2 Å². The van der Waals surface area contributed by atoms with E-state index in [0.717, 1.165) is 22.4 Å². The van der Waals surface area contributed by atoms with Gasteiger partial charge in [-0.05, 0) is 41.8 Å². The zero-order valence-corrected chi connectivity index (χ0v) is 22.5. The minimum Gasteiger partial charge on any atom is -0.378 e. The predicted molar refractivity (Wildman–Crippen MR) is 150 cm³/mol. The van der Waals surface area contributed by atoms with Crippen molar-refractivity contribution in [1.29, 1.82) is 0 Å².